The maximum absolute atomic E-state index is 12.8. The molecule has 1 amide bonds. The maximum atomic E-state index is 12.8. The third kappa shape index (κ3) is 3.95. The maximum Gasteiger partial charge on any atom is 0.233 e. The quantitative estimate of drug-likeness (QED) is 0.569. The van der Waals surface area contributed by atoms with E-state index in [0.717, 1.165) is 40.5 Å². The fraction of sp³-hybridized carbons (Fsp3) is 0.696. The molecule has 0 saturated heterocycles. The summed E-state index contributed by atoms with van der Waals surface area (Å²) in [7, 11) is 0. The molecule has 2 heterocycles. The van der Waals surface area contributed by atoms with Crippen LogP contribution in [0.4, 0.5) is 0 Å². The summed E-state index contributed by atoms with van der Waals surface area (Å²) < 4.78 is 2.35. The first-order chi connectivity index (χ1) is 14.6. The molecule has 3 aliphatic rings. The van der Waals surface area contributed by atoms with E-state index in [4.69, 9.17) is 0 Å². The molecule has 5 rings (SSSR count). The minimum Gasteiger partial charge on any atom is -0.352 e. The van der Waals surface area contributed by atoms with Crippen LogP contribution in [0, 0.1) is 17.8 Å². The minimum atomic E-state index is -0.169. The van der Waals surface area contributed by atoms with Gasteiger partial charge < -0.3 is 5.32 Å². The number of hydrogen-bond donors (Lipinski definition) is 1. The molecule has 0 aromatic carbocycles. The van der Waals surface area contributed by atoms with E-state index in [0.29, 0.717) is 18.0 Å². The van der Waals surface area contributed by atoms with Gasteiger partial charge in [0.05, 0.1) is 10.1 Å². The minimum absolute atomic E-state index is 0.131. The molecule has 5 nitrogen and oxygen atoms in total. The van der Waals surface area contributed by atoms with E-state index >= 15 is 0 Å². The number of thioether (sulfide) groups is 1. The molecule has 3 aliphatic carbocycles. The third-order valence-electron chi connectivity index (χ3n) is 7.58. The zero-order chi connectivity index (χ0) is 20.7. The molecule has 5 unspecified atom stereocenters. The predicted octanol–water partition coefficient (Wildman–Crippen LogP) is 5.54. The Morgan fingerprint density at radius 1 is 1.20 bits per heavy atom. The summed E-state index contributed by atoms with van der Waals surface area (Å²) in [5.41, 5.74) is 0. The van der Waals surface area contributed by atoms with Gasteiger partial charge in [-0.2, -0.15) is 0 Å². The average molecular weight is 445 g/mol. The number of carbonyl (C=O) groups excluding carboxylic acids is 1. The van der Waals surface area contributed by atoms with Crippen LogP contribution in [0.5, 0.6) is 0 Å². The van der Waals surface area contributed by atoms with E-state index in [2.05, 4.69) is 44.5 Å². The van der Waals surface area contributed by atoms with Crippen molar-refractivity contribution in [3.8, 4) is 10.7 Å². The highest BCUT2D eigenvalue weighted by atomic mass is 32.2. The molecule has 2 bridgehead atoms. The Labute approximate surface area is 187 Å². The topological polar surface area (TPSA) is 59.8 Å². The van der Waals surface area contributed by atoms with Gasteiger partial charge in [0.2, 0.25) is 5.91 Å². The first-order valence-corrected chi connectivity index (χ1v) is 13.3. The predicted molar refractivity (Wildman–Crippen MR) is 123 cm³/mol. The first-order valence-electron chi connectivity index (χ1n) is 11.6. The Kier molecular flexibility index (Phi) is 5.93. The molecule has 0 radical (unpaired) electrons. The molecule has 162 valence electrons. The van der Waals surface area contributed by atoms with Gasteiger partial charge in [-0.05, 0) is 75.2 Å². The van der Waals surface area contributed by atoms with Crippen LogP contribution in [-0.2, 0) is 4.79 Å². The molecule has 0 spiro atoms. The number of hydrogen-bond acceptors (Lipinski definition) is 5. The van der Waals surface area contributed by atoms with Gasteiger partial charge in [-0.3, -0.25) is 9.36 Å². The van der Waals surface area contributed by atoms with Crippen LogP contribution in [0.15, 0.2) is 22.7 Å². The molecule has 2 aromatic rings. The number of nitrogens with one attached hydrogen (secondary N) is 1. The Hall–Kier alpha value is -1.34. The number of fused-ring (bicyclic) bond motifs is 2. The van der Waals surface area contributed by atoms with Gasteiger partial charge in [-0.25, -0.2) is 0 Å². The molecule has 5 atom stereocenters. The number of rotatable bonds is 7. The summed E-state index contributed by atoms with van der Waals surface area (Å²) >= 11 is 3.28. The zero-order valence-electron chi connectivity index (χ0n) is 17.9. The fourth-order valence-electron chi connectivity index (χ4n) is 5.97. The van der Waals surface area contributed by atoms with Crippen molar-refractivity contribution in [2.75, 3.05) is 0 Å². The van der Waals surface area contributed by atoms with E-state index in [1.807, 2.05) is 6.92 Å². The molecule has 3 fully saturated rings. The van der Waals surface area contributed by atoms with Gasteiger partial charge in [0.25, 0.3) is 0 Å². The van der Waals surface area contributed by atoms with E-state index < -0.39 is 0 Å². The highest BCUT2D eigenvalue weighted by Crippen LogP contribution is 2.53. The van der Waals surface area contributed by atoms with E-state index in [1.165, 1.54) is 38.5 Å². The van der Waals surface area contributed by atoms with Crippen molar-refractivity contribution in [1.82, 2.24) is 20.1 Å². The Morgan fingerprint density at radius 2 is 2.03 bits per heavy atom. The molecular weight excluding hydrogens is 412 g/mol. The number of amides is 1. The van der Waals surface area contributed by atoms with Crippen LogP contribution in [0.3, 0.4) is 0 Å². The van der Waals surface area contributed by atoms with E-state index in [9.17, 15) is 4.79 Å². The molecule has 2 aromatic heterocycles. The second kappa shape index (κ2) is 8.65. The van der Waals surface area contributed by atoms with Crippen molar-refractivity contribution >= 4 is 29.0 Å². The van der Waals surface area contributed by atoms with Crippen molar-refractivity contribution < 1.29 is 4.79 Å². The van der Waals surface area contributed by atoms with Crippen LogP contribution in [-0.4, -0.2) is 32.0 Å². The second-order valence-electron chi connectivity index (χ2n) is 9.48. The smallest absolute Gasteiger partial charge is 0.233 e. The van der Waals surface area contributed by atoms with Crippen molar-refractivity contribution in [3.05, 3.63) is 17.5 Å². The summed E-state index contributed by atoms with van der Waals surface area (Å²) in [5, 5.41) is 15.2. The number of nitrogens with zero attached hydrogens (tertiary/aromatic N) is 3. The van der Waals surface area contributed by atoms with Crippen molar-refractivity contribution in [2.45, 2.75) is 87.7 Å². The summed E-state index contributed by atoms with van der Waals surface area (Å²) in [6, 6.07) is 4.92. The summed E-state index contributed by atoms with van der Waals surface area (Å²) in [6.07, 6.45) is 10.2. The van der Waals surface area contributed by atoms with Crippen molar-refractivity contribution in [1.29, 1.82) is 0 Å². The molecule has 0 aliphatic heterocycles. The fourth-order valence-corrected chi connectivity index (χ4v) is 7.63. The zero-order valence-corrected chi connectivity index (χ0v) is 19.6. The SMILES string of the molecule is CC(Sc1nnc(-c2cccs2)n1C(C)C1CC2CCC1C2)C(=O)NC1CCCC1. The van der Waals surface area contributed by atoms with Crippen LogP contribution in [0.1, 0.15) is 71.3 Å². The molecule has 3 saturated carbocycles. The number of thiophene rings is 1. The normalized spacial score (nSPS) is 28.1. The van der Waals surface area contributed by atoms with Crippen LogP contribution < -0.4 is 5.32 Å². The van der Waals surface area contributed by atoms with E-state index in [1.54, 1.807) is 23.1 Å². The van der Waals surface area contributed by atoms with Gasteiger partial charge in [0, 0.05) is 12.1 Å². The summed E-state index contributed by atoms with van der Waals surface area (Å²) in [5.74, 6) is 3.54. The monoisotopic (exact) mass is 444 g/mol. The summed E-state index contributed by atoms with van der Waals surface area (Å²) in [4.78, 5) is 14.0. The lowest BCUT2D eigenvalue weighted by Gasteiger charge is -2.30. The lowest BCUT2D eigenvalue weighted by molar-refractivity contribution is -0.120. The largest absolute Gasteiger partial charge is 0.352 e. The van der Waals surface area contributed by atoms with Crippen molar-refractivity contribution in [3.63, 3.8) is 0 Å². The van der Waals surface area contributed by atoms with Crippen LogP contribution in [0.25, 0.3) is 10.7 Å². The lowest BCUT2D eigenvalue weighted by Crippen LogP contribution is -2.37. The van der Waals surface area contributed by atoms with Crippen LogP contribution in [0.2, 0.25) is 0 Å². The summed E-state index contributed by atoms with van der Waals surface area (Å²) in [6.45, 7) is 4.35. The highest BCUT2D eigenvalue weighted by Gasteiger charge is 2.43. The van der Waals surface area contributed by atoms with Gasteiger partial charge in [0.15, 0.2) is 11.0 Å². The standard InChI is InChI=1S/C23H32N4OS2/c1-14(19-13-16-9-10-17(19)12-16)27-21(20-8-5-11-29-20)25-26-23(27)30-15(2)22(28)24-18-6-3-4-7-18/h5,8,11,14-19H,3-4,6-7,9-10,12-13H2,1-2H3,(H,24,28). The molecular formula is C23H32N4OS2. The number of aromatic nitrogens is 3. The van der Waals surface area contributed by atoms with Crippen LogP contribution >= 0.6 is 23.1 Å². The molecule has 1 N–H and O–H groups in total. The first kappa shape index (κ1) is 20.6. The van der Waals surface area contributed by atoms with Gasteiger partial charge in [-0.1, -0.05) is 37.1 Å². The molecule has 7 heteroatoms. The second-order valence-corrected chi connectivity index (χ2v) is 11.7. The highest BCUT2D eigenvalue weighted by molar-refractivity contribution is 8.00. The molecule has 30 heavy (non-hydrogen) atoms. The van der Waals surface area contributed by atoms with Gasteiger partial charge in [-0.15, -0.1) is 21.5 Å². The van der Waals surface area contributed by atoms with Gasteiger partial charge in [0.1, 0.15) is 0 Å². The van der Waals surface area contributed by atoms with Crippen molar-refractivity contribution in [2.24, 2.45) is 17.8 Å². The third-order valence-corrected chi connectivity index (χ3v) is 9.50. The lowest BCUT2D eigenvalue weighted by atomic mass is 9.84. The van der Waals surface area contributed by atoms with E-state index in [-0.39, 0.29) is 11.2 Å². The Balaban J connectivity index is 1.38. The number of carbonyl (C=O) groups is 1. The Morgan fingerprint density at radius 3 is 2.70 bits per heavy atom. The average Bonchev–Trinajstić information content (AvgIpc) is 3.56. The van der Waals surface area contributed by atoms with Gasteiger partial charge >= 0.3 is 0 Å². The Bertz CT molecular complexity index is 874.